The average molecular weight is 270 g/mol. The maximum atomic E-state index is 11.3. The Hall–Kier alpha value is -1.08. The number of thioether (sulfide) groups is 1. The minimum atomic E-state index is -0.841. The van der Waals surface area contributed by atoms with Crippen LogP contribution in [0.3, 0.4) is 0 Å². The Morgan fingerprint density at radius 2 is 2.44 bits per heavy atom. The van der Waals surface area contributed by atoms with Crippen molar-refractivity contribution in [2.24, 2.45) is 7.05 Å². The van der Waals surface area contributed by atoms with E-state index in [2.05, 4.69) is 15.5 Å². The van der Waals surface area contributed by atoms with Crippen molar-refractivity contribution >= 4 is 17.7 Å². The Bertz CT molecular complexity index is 432. The highest BCUT2D eigenvalue weighted by atomic mass is 32.2. The summed E-state index contributed by atoms with van der Waals surface area (Å²) >= 11 is 1.53. The fourth-order valence-electron chi connectivity index (χ4n) is 1.67. The number of aryl methyl sites for hydroxylation is 1. The second kappa shape index (κ2) is 5.27. The molecule has 1 aromatic heterocycles. The van der Waals surface area contributed by atoms with Crippen molar-refractivity contribution in [2.75, 3.05) is 5.75 Å². The van der Waals surface area contributed by atoms with Crippen LogP contribution < -0.4 is 5.32 Å². The lowest BCUT2D eigenvalue weighted by Gasteiger charge is -2.26. The molecule has 0 aliphatic heterocycles. The second-order valence-electron chi connectivity index (χ2n) is 4.88. The van der Waals surface area contributed by atoms with Gasteiger partial charge in [0, 0.05) is 18.8 Å². The first-order chi connectivity index (χ1) is 8.51. The van der Waals surface area contributed by atoms with E-state index in [1.807, 2.05) is 11.6 Å². The third kappa shape index (κ3) is 3.23. The lowest BCUT2D eigenvalue weighted by molar-refractivity contribution is -0.144. The summed E-state index contributed by atoms with van der Waals surface area (Å²) in [6, 6.07) is 0.380. The van der Waals surface area contributed by atoms with Crippen molar-refractivity contribution in [3.8, 4) is 0 Å². The number of hydrogen-bond acceptors (Lipinski definition) is 5. The molecule has 0 spiro atoms. The first kappa shape index (κ1) is 13.4. The fourth-order valence-corrected chi connectivity index (χ4v) is 2.72. The second-order valence-corrected chi connectivity index (χ2v) is 5.94. The fraction of sp³-hybridized carbons (Fsp3) is 0.727. The van der Waals surface area contributed by atoms with Crippen LogP contribution in [0.1, 0.15) is 26.2 Å². The molecule has 1 unspecified atom stereocenters. The van der Waals surface area contributed by atoms with Gasteiger partial charge in [0.2, 0.25) is 0 Å². The van der Waals surface area contributed by atoms with Crippen LogP contribution in [0, 0.1) is 0 Å². The van der Waals surface area contributed by atoms with Crippen LogP contribution in [-0.2, 0) is 11.8 Å². The number of carboxylic acids is 1. The summed E-state index contributed by atoms with van der Waals surface area (Å²) in [7, 11) is 1.88. The number of aliphatic carboxylic acids is 1. The number of aromatic nitrogens is 3. The maximum absolute atomic E-state index is 11.3. The maximum Gasteiger partial charge on any atom is 0.323 e. The number of hydrogen-bond donors (Lipinski definition) is 2. The Morgan fingerprint density at radius 3 is 2.94 bits per heavy atom. The molecule has 0 amide bonds. The quantitative estimate of drug-likeness (QED) is 0.716. The van der Waals surface area contributed by atoms with Gasteiger partial charge in [0.25, 0.3) is 0 Å². The lowest BCUT2D eigenvalue weighted by atomic mass is 9.99. The van der Waals surface area contributed by atoms with Gasteiger partial charge in [-0.2, -0.15) is 0 Å². The van der Waals surface area contributed by atoms with Gasteiger partial charge in [0.15, 0.2) is 5.16 Å². The van der Waals surface area contributed by atoms with Crippen LogP contribution in [0.4, 0.5) is 0 Å². The molecule has 1 aliphatic rings. The smallest absolute Gasteiger partial charge is 0.323 e. The number of carbonyl (C=O) groups is 1. The molecule has 1 aliphatic carbocycles. The van der Waals surface area contributed by atoms with Crippen molar-refractivity contribution in [1.82, 2.24) is 20.1 Å². The summed E-state index contributed by atoms with van der Waals surface area (Å²) < 4.78 is 1.83. The van der Waals surface area contributed by atoms with E-state index in [9.17, 15) is 9.90 Å². The van der Waals surface area contributed by atoms with Gasteiger partial charge in [0.05, 0.1) is 0 Å². The topological polar surface area (TPSA) is 80.0 Å². The number of rotatable bonds is 7. The molecule has 2 rings (SSSR count). The van der Waals surface area contributed by atoms with Gasteiger partial charge in [-0.3, -0.25) is 10.1 Å². The van der Waals surface area contributed by atoms with Gasteiger partial charge in [-0.05, 0) is 26.2 Å². The zero-order chi connectivity index (χ0) is 13.2. The highest BCUT2D eigenvalue weighted by Gasteiger charge is 2.38. The standard InChI is InChI=1S/C11H18N4O2S/c1-11(9(16)17,13-8-3-4-8)5-6-18-10-14-12-7-15(10)2/h7-8,13H,3-6H2,1-2H3,(H,16,17). The summed E-state index contributed by atoms with van der Waals surface area (Å²) in [5, 5.41) is 21.1. The molecule has 1 saturated carbocycles. The third-order valence-electron chi connectivity index (χ3n) is 3.08. The van der Waals surface area contributed by atoms with E-state index in [0.717, 1.165) is 18.0 Å². The Kier molecular flexibility index (Phi) is 3.91. The van der Waals surface area contributed by atoms with Crippen molar-refractivity contribution in [3.05, 3.63) is 6.33 Å². The van der Waals surface area contributed by atoms with E-state index in [-0.39, 0.29) is 0 Å². The van der Waals surface area contributed by atoms with Crippen LogP contribution in [0.25, 0.3) is 0 Å². The van der Waals surface area contributed by atoms with E-state index in [0.29, 0.717) is 18.2 Å². The third-order valence-corrected chi connectivity index (χ3v) is 4.11. The summed E-state index contributed by atoms with van der Waals surface area (Å²) in [5.41, 5.74) is -0.841. The molecule has 100 valence electrons. The normalized spacial score (nSPS) is 18.6. The van der Waals surface area contributed by atoms with E-state index < -0.39 is 11.5 Å². The van der Waals surface area contributed by atoms with Crippen molar-refractivity contribution in [2.45, 2.75) is 42.9 Å². The van der Waals surface area contributed by atoms with Crippen molar-refractivity contribution < 1.29 is 9.90 Å². The molecule has 1 heterocycles. The zero-order valence-corrected chi connectivity index (χ0v) is 11.4. The number of nitrogens with one attached hydrogen (secondary N) is 1. The Labute approximate surface area is 110 Å². The molecule has 1 atom stereocenters. The van der Waals surface area contributed by atoms with Crippen LogP contribution in [-0.4, -0.2) is 43.2 Å². The highest BCUT2D eigenvalue weighted by molar-refractivity contribution is 7.99. The molecular weight excluding hydrogens is 252 g/mol. The number of nitrogens with zero attached hydrogens (tertiary/aromatic N) is 3. The van der Waals surface area contributed by atoms with Gasteiger partial charge in [0.1, 0.15) is 11.9 Å². The number of carboxylic acid groups (broad SMARTS) is 1. The van der Waals surface area contributed by atoms with Gasteiger partial charge in [-0.1, -0.05) is 11.8 Å². The first-order valence-electron chi connectivity index (χ1n) is 5.99. The van der Waals surface area contributed by atoms with E-state index in [1.165, 1.54) is 11.8 Å². The highest BCUT2D eigenvalue weighted by Crippen LogP contribution is 2.26. The van der Waals surface area contributed by atoms with Gasteiger partial charge in [-0.25, -0.2) is 0 Å². The Morgan fingerprint density at radius 1 is 1.72 bits per heavy atom. The van der Waals surface area contributed by atoms with Crippen LogP contribution in [0.2, 0.25) is 0 Å². The van der Waals surface area contributed by atoms with Crippen molar-refractivity contribution in [3.63, 3.8) is 0 Å². The summed E-state index contributed by atoms with van der Waals surface area (Å²) in [6.07, 6.45) is 4.37. The minimum Gasteiger partial charge on any atom is -0.480 e. The van der Waals surface area contributed by atoms with Gasteiger partial charge < -0.3 is 9.67 Å². The summed E-state index contributed by atoms with van der Waals surface area (Å²) in [4.78, 5) is 11.3. The molecule has 2 N–H and O–H groups in total. The molecule has 18 heavy (non-hydrogen) atoms. The molecule has 0 radical (unpaired) electrons. The summed E-state index contributed by atoms with van der Waals surface area (Å²) in [5.74, 6) is -0.0809. The van der Waals surface area contributed by atoms with E-state index >= 15 is 0 Å². The molecule has 6 nitrogen and oxygen atoms in total. The molecule has 0 aromatic carbocycles. The largest absolute Gasteiger partial charge is 0.480 e. The molecule has 1 aromatic rings. The molecule has 0 bridgehead atoms. The molecule has 7 heteroatoms. The zero-order valence-electron chi connectivity index (χ0n) is 10.6. The molecule has 1 fully saturated rings. The predicted molar refractivity (Wildman–Crippen MR) is 68.5 cm³/mol. The Balaban J connectivity index is 1.85. The SMILES string of the molecule is Cn1cnnc1SCCC(C)(NC1CC1)C(=O)O. The van der Waals surface area contributed by atoms with Crippen molar-refractivity contribution in [1.29, 1.82) is 0 Å². The monoisotopic (exact) mass is 270 g/mol. The van der Waals surface area contributed by atoms with Crippen LogP contribution in [0.5, 0.6) is 0 Å². The van der Waals surface area contributed by atoms with Gasteiger partial charge in [-0.15, -0.1) is 10.2 Å². The average Bonchev–Trinajstić information content (AvgIpc) is 3.02. The van der Waals surface area contributed by atoms with Gasteiger partial charge >= 0.3 is 5.97 Å². The lowest BCUT2D eigenvalue weighted by Crippen LogP contribution is -2.51. The molecule has 0 saturated heterocycles. The summed E-state index contributed by atoms with van der Waals surface area (Å²) in [6.45, 7) is 1.75. The van der Waals surface area contributed by atoms with E-state index in [4.69, 9.17) is 0 Å². The molecular formula is C11H18N4O2S. The predicted octanol–water partition coefficient (Wildman–Crippen LogP) is 0.893. The van der Waals surface area contributed by atoms with Crippen LogP contribution >= 0.6 is 11.8 Å². The first-order valence-corrected chi connectivity index (χ1v) is 6.98. The van der Waals surface area contributed by atoms with E-state index in [1.54, 1.807) is 13.3 Å². The minimum absolute atomic E-state index is 0.380. The van der Waals surface area contributed by atoms with Crippen LogP contribution in [0.15, 0.2) is 11.5 Å².